The van der Waals surface area contributed by atoms with Crippen molar-refractivity contribution in [2.24, 2.45) is 0 Å². The van der Waals surface area contributed by atoms with Crippen LogP contribution in [0.15, 0.2) is 20.0 Å². The van der Waals surface area contributed by atoms with Crippen LogP contribution in [0.1, 0.15) is 19.6 Å². The maximum absolute atomic E-state index is 12.7. The first-order valence-corrected chi connectivity index (χ1v) is 9.43. The third-order valence-electron chi connectivity index (χ3n) is 3.65. The molecule has 0 spiro atoms. The van der Waals surface area contributed by atoms with Gasteiger partial charge in [0.05, 0.1) is 6.54 Å². The molecule has 1 saturated heterocycles. The summed E-state index contributed by atoms with van der Waals surface area (Å²) < 4.78 is 32.7. The lowest BCUT2D eigenvalue weighted by Crippen LogP contribution is -2.48. The van der Waals surface area contributed by atoms with E-state index in [1.807, 2.05) is 6.92 Å². The van der Waals surface area contributed by atoms with Gasteiger partial charge in [-0.1, -0.05) is 13.8 Å². The summed E-state index contributed by atoms with van der Waals surface area (Å²) in [5.41, 5.74) is 0. The van der Waals surface area contributed by atoms with Crippen LogP contribution in [-0.4, -0.2) is 56.9 Å². The molecule has 1 N–H and O–H groups in total. The third-order valence-corrected chi connectivity index (χ3v) is 6.41. The van der Waals surface area contributed by atoms with Gasteiger partial charge in [-0.3, -0.25) is 0 Å². The highest BCUT2D eigenvalue weighted by Crippen LogP contribution is 2.29. The zero-order valence-electron chi connectivity index (χ0n) is 12.4. The topological polar surface area (TPSA) is 65.8 Å². The third kappa shape index (κ3) is 3.87. The van der Waals surface area contributed by atoms with E-state index in [9.17, 15) is 8.42 Å². The maximum Gasteiger partial charge on any atom is 0.247 e. The van der Waals surface area contributed by atoms with Gasteiger partial charge in [0.15, 0.2) is 4.67 Å². The number of likely N-dealkylation sites (N-methyl/N-ethyl adjacent to an activating group) is 1. The van der Waals surface area contributed by atoms with Crippen LogP contribution in [0.25, 0.3) is 0 Å². The minimum atomic E-state index is -3.49. The van der Waals surface area contributed by atoms with Gasteiger partial charge >= 0.3 is 0 Å². The molecule has 0 atom stereocenters. The number of hydrogen-bond donors (Lipinski definition) is 1. The Labute approximate surface area is 134 Å². The van der Waals surface area contributed by atoms with E-state index in [-0.39, 0.29) is 9.56 Å². The Hall–Kier alpha value is -0.410. The first kappa shape index (κ1) is 17.0. The minimum Gasteiger partial charge on any atom is -0.452 e. The number of piperazine rings is 1. The van der Waals surface area contributed by atoms with Gasteiger partial charge in [0.1, 0.15) is 10.7 Å². The summed E-state index contributed by atoms with van der Waals surface area (Å²) in [5, 5.41) is 3.12. The van der Waals surface area contributed by atoms with E-state index in [0.29, 0.717) is 25.4 Å². The largest absolute Gasteiger partial charge is 0.452 e. The molecule has 1 fully saturated rings. The molecule has 0 aliphatic carbocycles. The Morgan fingerprint density at radius 3 is 2.52 bits per heavy atom. The SMILES string of the molecule is CCNCc1cc(S(=O)(=O)N2CCN(CC)CC2)c(Br)o1. The van der Waals surface area contributed by atoms with Crippen molar-refractivity contribution in [1.29, 1.82) is 0 Å². The molecule has 2 heterocycles. The highest BCUT2D eigenvalue weighted by molar-refractivity contribution is 9.10. The number of sulfonamides is 1. The van der Waals surface area contributed by atoms with Crippen LogP contribution >= 0.6 is 15.9 Å². The fourth-order valence-corrected chi connectivity index (χ4v) is 4.72. The molecule has 6 nitrogen and oxygen atoms in total. The fraction of sp³-hybridized carbons (Fsp3) is 0.692. The summed E-state index contributed by atoms with van der Waals surface area (Å²) in [4.78, 5) is 2.47. The normalized spacial score (nSPS) is 18.2. The molecule has 8 heteroatoms. The highest BCUT2D eigenvalue weighted by Gasteiger charge is 2.31. The molecule has 1 aromatic heterocycles. The molecule has 1 aliphatic heterocycles. The van der Waals surface area contributed by atoms with Crippen molar-refractivity contribution in [3.8, 4) is 0 Å². The van der Waals surface area contributed by atoms with Gasteiger partial charge in [-0.25, -0.2) is 8.42 Å². The van der Waals surface area contributed by atoms with Crippen LogP contribution < -0.4 is 5.32 Å². The van der Waals surface area contributed by atoms with E-state index in [1.54, 1.807) is 6.07 Å². The Bertz CT molecular complexity index is 565. The van der Waals surface area contributed by atoms with Gasteiger partial charge in [0, 0.05) is 32.2 Å². The predicted octanol–water partition coefficient (Wildman–Crippen LogP) is 1.48. The summed E-state index contributed by atoms with van der Waals surface area (Å²) in [6.07, 6.45) is 0. The number of halogens is 1. The quantitative estimate of drug-likeness (QED) is 0.810. The van der Waals surface area contributed by atoms with Crippen LogP contribution in [0.3, 0.4) is 0 Å². The molecular formula is C13H22BrN3O3S. The molecule has 21 heavy (non-hydrogen) atoms. The van der Waals surface area contributed by atoms with Gasteiger partial charge in [0.2, 0.25) is 10.0 Å². The summed E-state index contributed by atoms with van der Waals surface area (Å²) in [7, 11) is -3.49. The molecule has 0 unspecified atom stereocenters. The van der Waals surface area contributed by atoms with Gasteiger partial charge in [-0.15, -0.1) is 0 Å². The zero-order valence-corrected chi connectivity index (χ0v) is 14.8. The molecular weight excluding hydrogens is 358 g/mol. The van der Waals surface area contributed by atoms with E-state index in [2.05, 4.69) is 33.1 Å². The van der Waals surface area contributed by atoms with Crippen LogP contribution in [0.2, 0.25) is 0 Å². The van der Waals surface area contributed by atoms with Crippen molar-refractivity contribution in [3.05, 3.63) is 16.5 Å². The second-order valence-corrected chi connectivity index (χ2v) is 7.60. The lowest BCUT2D eigenvalue weighted by atomic mass is 10.4. The molecule has 0 bridgehead atoms. The number of rotatable bonds is 6. The van der Waals surface area contributed by atoms with Gasteiger partial charge in [0.25, 0.3) is 0 Å². The fourth-order valence-electron chi connectivity index (χ4n) is 2.33. The molecule has 2 rings (SSSR count). The van der Waals surface area contributed by atoms with Crippen molar-refractivity contribution >= 4 is 26.0 Å². The average molecular weight is 380 g/mol. The van der Waals surface area contributed by atoms with Crippen molar-refractivity contribution in [2.75, 3.05) is 39.3 Å². The molecule has 120 valence electrons. The van der Waals surface area contributed by atoms with Gasteiger partial charge in [-0.05, 0) is 29.0 Å². The van der Waals surface area contributed by atoms with Gasteiger partial charge in [-0.2, -0.15) is 4.31 Å². The number of nitrogens with one attached hydrogen (secondary N) is 1. The van der Waals surface area contributed by atoms with Gasteiger partial charge < -0.3 is 14.6 Å². The summed E-state index contributed by atoms with van der Waals surface area (Å²) in [6, 6.07) is 1.61. The Morgan fingerprint density at radius 2 is 1.95 bits per heavy atom. The highest BCUT2D eigenvalue weighted by atomic mass is 79.9. The Kier molecular flexibility index (Phi) is 5.84. The minimum absolute atomic E-state index is 0.223. The van der Waals surface area contributed by atoms with Crippen molar-refractivity contribution < 1.29 is 12.8 Å². The number of nitrogens with zero attached hydrogens (tertiary/aromatic N) is 2. The van der Waals surface area contributed by atoms with Crippen LogP contribution in [-0.2, 0) is 16.6 Å². The zero-order chi connectivity index (χ0) is 15.5. The van der Waals surface area contributed by atoms with Crippen molar-refractivity contribution in [3.63, 3.8) is 0 Å². The first-order valence-electron chi connectivity index (χ1n) is 7.20. The van der Waals surface area contributed by atoms with Crippen molar-refractivity contribution in [2.45, 2.75) is 25.3 Å². The van der Waals surface area contributed by atoms with Crippen molar-refractivity contribution in [1.82, 2.24) is 14.5 Å². The molecule has 1 aliphatic rings. The summed E-state index contributed by atoms with van der Waals surface area (Å²) in [5.74, 6) is 0.620. The summed E-state index contributed by atoms with van der Waals surface area (Å²) >= 11 is 3.23. The molecule has 0 aromatic carbocycles. The van der Waals surface area contributed by atoms with Crippen LogP contribution in [0.4, 0.5) is 0 Å². The lowest BCUT2D eigenvalue weighted by molar-refractivity contribution is 0.196. The summed E-state index contributed by atoms with van der Waals surface area (Å²) in [6.45, 7) is 8.95. The molecule has 1 aromatic rings. The number of hydrogen-bond acceptors (Lipinski definition) is 5. The second kappa shape index (κ2) is 7.23. The van der Waals surface area contributed by atoms with Crippen LogP contribution in [0.5, 0.6) is 0 Å². The molecule has 0 saturated carbocycles. The van der Waals surface area contributed by atoms with E-state index in [4.69, 9.17) is 4.42 Å². The maximum atomic E-state index is 12.7. The Morgan fingerprint density at radius 1 is 1.29 bits per heavy atom. The first-order chi connectivity index (χ1) is 9.98. The van der Waals surface area contributed by atoms with E-state index >= 15 is 0 Å². The average Bonchev–Trinajstić information content (AvgIpc) is 2.87. The Balaban J connectivity index is 2.14. The van der Waals surface area contributed by atoms with Crippen LogP contribution in [0, 0.1) is 0 Å². The standard InChI is InChI=1S/C13H22BrN3O3S/c1-3-15-10-11-9-12(13(14)20-11)21(18,19)17-7-5-16(4-2)6-8-17/h9,15H,3-8,10H2,1-2H3. The van der Waals surface area contributed by atoms with E-state index < -0.39 is 10.0 Å². The second-order valence-electron chi connectivity index (χ2n) is 4.97. The lowest BCUT2D eigenvalue weighted by Gasteiger charge is -2.32. The predicted molar refractivity (Wildman–Crippen MR) is 84.7 cm³/mol. The van der Waals surface area contributed by atoms with E-state index in [0.717, 1.165) is 26.2 Å². The monoisotopic (exact) mass is 379 g/mol. The van der Waals surface area contributed by atoms with E-state index in [1.165, 1.54) is 4.31 Å². The number of furan rings is 1. The molecule has 0 radical (unpaired) electrons. The smallest absolute Gasteiger partial charge is 0.247 e. The molecule has 0 amide bonds.